The molecule has 20 heavy (non-hydrogen) atoms. The van der Waals surface area contributed by atoms with Gasteiger partial charge in [0, 0.05) is 11.6 Å². The van der Waals surface area contributed by atoms with Gasteiger partial charge in [-0.05, 0) is 51.6 Å². The number of hydrogen-bond donors (Lipinski definition) is 2. The molecule has 1 aliphatic carbocycles. The van der Waals surface area contributed by atoms with E-state index in [-0.39, 0.29) is 5.54 Å². The first-order valence-corrected chi connectivity index (χ1v) is 8.92. The van der Waals surface area contributed by atoms with Crippen molar-refractivity contribution in [3.05, 3.63) is 0 Å². The normalized spacial score (nSPS) is 27.1. The van der Waals surface area contributed by atoms with E-state index >= 15 is 0 Å². The molecular weight excluding hydrogens is 246 g/mol. The fourth-order valence-corrected chi connectivity index (χ4v) is 4.35. The number of piperidine rings is 1. The fourth-order valence-electron chi connectivity index (χ4n) is 4.35. The number of hydrazine groups is 1. The molecule has 0 spiro atoms. The molecule has 118 valence electrons. The largest absolute Gasteiger partial charge is 0.296 e. The number of nitrogens with zero attached hydrogens (tertiary/aromatic N) is 1. The lowest BCUT2D eigenvalue weighted by Crippen LogP contribution is -2.62. The van der Waals surface area contributed by atoms with Crippen molar-refractivity contribution in [1.29, 1.82) is 0 Å². The molecule has 1 saturated heterocycles. The summed E-state index contributed by atoms with van der Waals surface area (Å²) in [6, 6.07) is 0.439. The highest BCUT2D eigenvalue weighted by atomic mass is 15.3. The summed E-state index contributed by atoms with van der Waals surface area (Å²) in [4.78, 5) is 2.71. The molecule has 3 N–H and O–H groups in total. The first-order chi connectivity index (χ1) is 9.70. The van der Waals surface area contributed by atoms with E-state index in [1.54, 1.807) is 0 Å². The Kier molecular flexibility index (Phi) is 6.31. The summed E-state index contributed by atoms with van der Waals surface area (Å²) in [5.74, 6) is 6.87. The molecular formula is C17H35N3. The van der Waals surface area contributed by atoms with Crippen molar-refractivity contribution in [1.82, 2.24) is 10.3 Å². The SMILES string of the molecule is CCC(C)(C(CC1CCCCC1)NN)N1CCCCC1. The fraction of sp³-hybridized carbons (Fsp3) is 1.00. The monoisotopic (exact) mass is 281 g/mol. The number of nitrogens with one attached hydrogen (secondary N) is 1. The van der Waals surface area contributed by atoms with E-state index in [2.05, 4.69) is 24.2 Å². The van der Waals surface area contributed by atoms with Gasteiger partial charge in [-0.1, -0.05) is 45.4 Å². The van der Waals surface area contributed by atoms with Crippen LogP contribution in [0.2, 0.25) is 0 Å². The van der Waals surface area contributed by atoms with Crippen LogP contribution in [0.15, 0.2) is 0 Å². The van der Waals surface area contributed by atoms with Crippen LogP contribution in [0.3, 0.4) is 0 Å². The minimum absolute atomic E-state index is 0.229. The van der Waals surface area contributed by atoms with E-state index in [1.807, 2.05) is 0 Å². The number of likely N-dealkylation sites (tertiary alicyclic amines) is 1. The van der Waals surface area contributed by atoms with Crippen LogP contribution in [-0.2, 0) is 0 Å². The third-order valence-corrected chi connectivity index (χ3v) is 6.04. The summed E-state index contributed by atoms with van der Waals surface area (Å²) in [6.45, 7) is 7.28. The predicted octanol–water partition coefficient (Wildman–Crippen LogP) is 3.44. The summed E-state index contributed by atoms with van der Waals surface area (Å²) in [6.07, 6.45) is 13.7. The minimum Gasteiger partial charge on any atom is -0.296 e. The lowest BCUT2D eigenvalue weighted by atomic mass is 9.77. The van der Waals surface area contributed by atoms with E-state index in [0.29, 0.717) is 6.04 Å². The molecule has 0 aromatic rings. The third kappa shape index (κ3) is 3.75. The van der Waals surface area contributed by atoms with Crippen LogP contribution < -0.4 is 11.3 Å². The van der Waals surface area contributed by atoms with Gasteiger partial charge in [-0.3, -0.25) is 16.2 Å². The summed E-state index contributed by atoms with van der Waals surface area (Å²) in [5.41, 5.74) is 3.43. The van der Waals surface area contributed by atoms with Gasteiger partial charge in [0.05, 0.1) is 0 Å². The van der Waals surface area contributed by atoms with Crippen molar-refractivity contribution in [2.75, 3.05) is 13.1 Å². The molecule has 1 aliphatic heterocycles. The molecule has 2 aliphatic rings. The highest BCUT2D eigenvalue weighted by molar-refractivity contribution is 4.97. The first kappa shape index (κ1) is 16.3. The Hall–Kier alpha value is -0.120. The topological polar surface area (TPSA) is 41.3 Å². The van der Waals surface area contributed by atoms with Crippen LogP contribution >= 0.6 is 0 Å². The average molecular weight is 281 g/mol. The van der Waals surface area contributed by atoms with Gasteiger partial charge in [0.2, 0.25) is 0 Å². The van der Waals surface area contributed by atoms with Gasteiger partial charge < -0.3 is 0 Å². The molecule has 2 unspecified atom stereocenters. The number of nitrogens with two attached hydrogens (primary N) is 1. The van der Waals surface area contributed by atoms with Crippen molar-refractivity contribution in [3.8, 4) is 0 Å². The zero-order valence-corrected chi connectivity index (χ0v) is 13.7. The van der Waals surface area contributed by atoms with Crippen molar-refractivity contribution in [2.45, 2.75) is 89.6 Å². The zero-order valence-electron chi connectivity index (χ0n) is 13.7. The third-order valence-electron chi connectivity index (χ3n) is 6.04. The molecule has 0 aromatic heterocycles. The van der Waals surface area contributed by atoms with Gasteiger partial charge in [0.15, 0.2) is 0 Å². The van der Waals surface area contributed by atoms with Gasteiger partial charge >= 0.3 is 0 Å². The van der Waals surface area contributed by atoms with Gasteiger partial charge in [-0.15, -0.1) is 0 Å². The van der Waals surface area contributed by atoms with Crippen LogP contribution in [0.5, 0.6) is 0 Å². The molecule has 3 nitrogen and oxygen atoms in total. The molecule has 0 aromatic carbocycles. The van der Waals surface area contributed by atoms with Crippen molar-refractivity contribution in [3.63, 3.8) is 0 Å². The lowest BCUT2D eigenvalue weighted by Gasteiger charge is -2.48. The van der Waals surface area contributed by atoms with Crippen LogP contribution in [-0.4, -0.2) is 29.6 Å². The smallest absolute Gasteiger partial charge is 0.0394 e. The highest BCUT2D eigenvalue weighted by Gasteiger charge is 2.39. The van der Waals surface area contributed by atoms with Crippen molar-refractivity contribution in [2.24, 2.45) is 11.8 Å². The quantitative estimate of drug-likeness (QED) is 0.579. The summed E-state index contributed by atoms with van der Waals surface area (Å²) in [5, 5.41) is 0. The van der Waals surface area contributed by atoms with Gasteiger partial charge in [-0.25, -0.2) is 0 Å². The molecule has 2 fully saturated rings. The van der Waals surface area contributed by atoms with E-state index in [9.17, 15) is 0 Å². The van der Waals surface area contributed by atoms with Crippen LogP contribution in [0.1, 0.15) is 78.1 Å². The highest BCUT2D eigenvalue weighted by Crippen LogP contribution is 2.34. The Bertz CT molecular complexity index is 269. The van der Waals surface area contributed by atoms with Crippen LogP contribution in [0.4, 0.5) is 0 Å². The summed E-state index contributed by atoms with van der Waals surface area (Å²) >= 11 is 0. The number of rotatable bonds is 6. The van der Waals surface area contributed by atoms with E-state index in [1.165, 1.54) is 77.3 Å². The lowest BCUT2D eigenvalue weighted by molar-refractivity contribution is 0.0327. The predicted molar refractivity (Wildman–Crippen MR) is 86.4 cm³/mol. The summed E-state index contributed by atoms with van der Waals surface area (Å²) in [7, 11) is 0. The Balaban J connectivity index is 2.00. The molecule has 2 rings (SSSR count). The van der Waals surface area contributed by atoms with Crippen molar-refractivity contribution < 1.29 is 0 Å². The second-order valence-electron chi connectivity index (χ2n) is 7.22. The second-order valence-corrected chi connectivity index (χ2v) is 7.22. The molecule has 3 heteroatoms. The number of hydrogen-bond acceptors (Lipinski definition) is 3. The second kappa shape index (κ2) is 7.77. The Morgan fingerprint density at radius 1 is 1.10 bits per heavy atom. The van der Waals surface area contributed by atoms with E-state index < -0.39 is 0 Å². The Morgan fingerprint density at radius 3 is 2.25 bits per heavy atom. The minimum atomic E-state index is 0.229. The van der Waals surface area contributed by atoms with Gasteiger partial charge in [-0.2, -0.15) is 0 Å². The van der Waals surface area contributed by atoms with Gasteiger partial charge in [0.1, 0.15) is 0 Å². The average Bonchev–Trinajstić information content (AvgIpc) is 2.53. The molecule has 2 atom stereocenters. The van der Waals surface area contributed by atoms with Crippen LogP contribution in [0, 0.1) is 5.92 Å². The maximum atomic E-state index is 5.98. The molecule has 1 saturated carbocycles. The molecule has 1 heterocycles. The maximum absolute atomic E-state index is 5.98. The van der Waals surface area contributed by atoms with Crippen LogP contribution in [0.25, 0.3) is 0 Å². The van der Waals surface area contributed by atoms with E-state index in [0.717, 1.165) is 5.92 Å². The van der Waals surface area contributed by atoms with Crippen molar-refractivity contribution >= 4 is 0 Å². The molecule has 0 bridgehead atoms. The zero-order chi connectivity index (χ0) is 14.4. The summed E-state index contributed by atoms with van der Waals surface area (Å²) < 4.78 is 0. The van der Waals surface area contributed by atoms with E-state index in [4.69, 9.17) is 5.84 Å². The maximum Gasteiger partial charge on any atom is 0.0394 e. The molecule has 0 amide bonds. The first-order valence-electron chi connectivity index (χ1n) is 8.92. The standard InChI is InChI=1S/C17H35N3/c1-3-17(2,20-12-8-5-9-13-20)16(19-18)14-15-10-6-4-7-11-15/h15-16,19H,3-14,18H2,1-2H3. The van der Waals surface area contributed by atoms with Gasteiger partial charge in [0.25, 0.3) is 0 Å². The Morgan fingerprint density at radius 2 is 1.70 bits per heavy atom. The Labute approximate surface area is 125 Å². The molecule has 0 radical (unpaired) electrons.